The average molecular weight is 548 g/mol. The van der Waals surface area contributed by atoms with Gasteiger partial charge in [-0.1, -0.05) is 31.2 Å². The molecule has 0 fully saturated rings. The van der Waals surface area contributed by atoms with Gasteiger partial charge in [-0.15, -0.1) is 0 Å². The van der Waals surface area contributed by atoms with Crippen LogP contribution in [-0.2, 0) is 4.74 Å². The fraction of sp³-hybridized carbons (Fsp3) is 0.333. The number of nitrogens with one attached hydrogen (secondary N) is 2. The average Bonchev–Trinajstić information content (AvgIpc) is 3.50. The summed E-state index contributed by atoms with van der Waals surface area (Å²) < 4.78 is 21.9. The number of ether oxygens (including phenoxy) is 4. The van der Waals surface area contributed by atoms with Crippen LogP contribution in [0.15, 0.2) is 42.5 Å². The number of methoxy groups -OCH3 is 3. The van der Waals surface area contributed by atoms with Crippen molar-refractivity contribution >= 4 is 39.4 Å². The fourth-order valence-corrected chi connectivity index (χ4v) is 5.23. The number of carbonyl (C=O) groups is 2. The molecule has 0 radical (unpaired) electrons. The number of H-pyrrole nitrogens is 1. The summed E-state index contributed by atoms with van der Waals surface area (Å²) in [4.78, 5) is 36.9. The highest BCUT2D eigenvalue weighted by Gasteiger charge is 2.34. The number of benzene rings is 3. The number of nitrogens with zero attached hydrogens (tertiary/aromatic N) is 1. The first-order chi connectivity index (χ1) is 19.1. The summed E-state index contributed by atoms with van der Waals surface area (Å²) in [5, 5.41) is 2.50. The van der Waals surface area contributed by atoms with Crippen molar-refractivity contribution in [3.63, 3.8) is 0 Å². The Hall–Kier alpha value is -4.60. The quantitative estimate of drug-likeness (QED) is 0.288. The molecule has 5 rings (SSSR count). The van der Waals surface area contributed by atoms with Gasteiger partial charge in [0.15, 0.2) is 17.2 Å². The van der Waals surface area contributed by atoms with Gasteiger partial charge >= 0.3 is 6.09 Å². The van der Waals surface area contributed by atoms with E-state index in [-0.39, 0.29) is 11.8 Å². The molecule has 0 bridgehead atoms. The summed E-state index contributed by atoms with van der Waals surface area (Å²) >= 11 is 0. The highest BCUT2D eigenvalue weighted by atomic mass is 16.7. The largest absolute Gasteiger partial charge is 0.493 e. The second kappa shape index (κ2) is 10.2. The minimum Gasteiger partial charge on any atom is -0.493 e. The van der Waals surface area contributed by atoms with Crippen LogP contribution in [0.25, 0.3) is 21.7 Å². The molecule has 210 valence electrons. The fourth-order valence-electron chi connectivity index (χ4n) is 5.23. The molecule has 10 nitrogen and oxygen atoms in total. The first kappa shape index (κ1) is 27.0. The number of fused-ring (bicyclic) bond motifs is 4. The van der Waals surface area contributed by atoms with E-state index in [0.29, 0.717) is 46.4 Å². The molecule has 0 aliphatic carbocycles. The Morgan fingerprint density at radius 1 is 0.950 bits per heavy atom. The van der Waals surface area contributed by atoms with E-state index >= 15 is 0 Å². The lowest BCUT2D eigenvalue weighted by Gasteiger charge is -2.21. The highest BCUT2D eigenvalue weighted by molar-refractivity contribution is 6.12. The molecule has 1 aliphatic heterocycles. The van der Waals surface area contributed by atoms with E-state index in [9.17, 15) is 9.59 Å². The lowest BCUT2D eigenvalue weighted by molar-refractivity contribution is 0.0290. The van der Waals surface area contributed by atoms with Crippen molar-refractivity contribution in [2.75, 3.05) is 32.8 Å². The lowest BCUT2D eigenvalue weighted by Crippen LogP contribution is -2.34. The third kappa shape index (κ3) is 4.70. The van der Waals surface area contributed by atoms with Gasteiger partial charge < -0.3 is 33.7 Å². The van der Waals surface area contributed by atoms with Crippen LogP contribution in [-0.4, -0.2) is 50.5 Å². The Bertz CT molecular complexity index is 1620. The number of aromatic nitrogens is 1. The number of hydrogen-bond acceptors (Lipinski definition) is 7. The van der Waals surface area contributed by atoms with E-state index in [4.69, 9.17) is 23.8 Å². The molecule has 1 aromatic heterocycles. The van der Waals surface area contributed by atoms with Gasteiger partial charge in [-0.05, 0) is 43.9 Å². The summed E-state index contributed by atoms with van der Waals surface area (Å²) in [7, 11) is 4.62. The van der Waals surface area contributed by atoms with E-state index in [2.05, 4.69) is 17.4 Å². The minimum absolute atomic E-state index is 0.0656. The topological polar surface area (TPSA) is 111 Å². The van der Waals surface area contributed by atoms with Gasteiger partial charge in [-0.3, -0.25) is 4.79 Å². The molecule has 2 N–H and O–H groups in total. The second-order valence-corrected chi connectivity index (χ2v) is 10.7. The van der Waals surface area contributed by atoms with E-state index < -0.39 is 11.7 Å². The zero-order chi connectivity index (χ0) is 28.8. The molecule has 2 amide bonds. The number of amides is 2. The van der Waals surface area contributed by atoms with Gasteiger partial charge in [0.1, 0.15) is 11.3 Å². The molecule has 0 spiro atoms. The normalized spacial score (nSPS) is 14.7. The maximum atomic E-state index is 14.0. The lowest BCUT2D eigenvalue weighted by atomic mass is 9.95. The predicted octanol–water partition coefficient (Wildman–Crippen LogP) is 5.93. The minimum atomic E-state index is -0.712. The van der Waals surface area contributed by atoms with Crippen LogP contribution in [0.4, 0.5) is 10.5 Å². The molecule has 1 aliphatic rings. The number of hydrogen-bond donors (Lipinski definition) is 2. The molecule has 0 saturated heterocycles. The number of carbonyl (C=O) groups excluding carboxylic acids is 2. The zero-order valence-electron chi connectivity index (χ0n) is 23.6. The molecule has 10 heteroatoms. The van der Waals surface area contributed by atoms with Gasteiger partial charge in [-0.2, -0.15) is 5.48 Å². The van der Waals surface area contributed by atoms with Crippen LogP contribution in [0.5, 0.6) is 23.0 Å². The smallest absolute Gasteiger partial charge is 0.441 e. The van der Waals surface area contributed by atoms with E-state index in [1.807, 2.05) is 24.3 Å². The Balaban J connectivity index is 1.55. The molecule has 0 saturated carbocycles. The van der Waals surface area contributed by atoms with Gasteiger partial charge in [0.05, 0.1) is 32.5 Å². The van der Waals surface area contributed by atoms with Crippen molar-refractivity contribution in [3.05, 3.63) is 53.7 Å². The third-order valence-electron chi connectivity index (χ3n) is 6.81. The Morgan fingerprint density at radius 3 is 2.30 bits per heavy atom. The van der Waals surface area contributed by atoms with Crippen molar-refractivity contribution in [3.8, 4) is 23.0 Å². The standard InChI is InChI=1S/C30H33N3O7/c1-16-15-33(28(34)20-12-17-13-23(36-5)26(37-6)27(38-7)25(17)31-20)21-14-22(40-32-29(35)39-30(2,3)4)18-10-8-9-11-19(18)24(16)21/h8-14,16,31H,15H2,1-7H3,(H,32,35)/t16-/m1/s1. The van der Waals surface area contributed by atoms with Crippen LogP contribution in [0, 0.1) is 0 Å². The molecule has 1 atom stereocenters. The summed E-state index contributed by atoms with van der Waals surface area (Å²) in [5.41, 5.74) is 4.44. The van der Waals surface area contributed by atoms with E-state index in [0.717, 1.165) is 21.7 Å². The van der Waals surface area contributed by atoms with Crippen LogP contribution < -0.4 is 29.4 Å². The second-order valence-electron chi connectivity index (χ2n) is 10.7. The van der Waals surface area contributed by atoms with E-state index in [1.54, 1.807) is 51.0 Å². The Labute approximate surface area is 232 Å². The number of aromatic amines is 1. The molecule has 40 heavy (non-hydrogen) atoms. The molecular formula is C30H33N3O7. The zero-order valence-corrected chi connectivity index (χ0v) is 23.6. The Morgan fingerprint density at radius 2 is 1.65 bits per heavy atom. The molecule has 4 aromatic rings. The van der Waals surface area contributed by atoms with Gasteiger partial charge in [-0.25, -0.2) is 4.79 Å². The number of anilines is 1. The summed E-state index contributed by atoms with van der Waals surface area (Å²) in [6.07, 6.45) is -0.712. The number of hydroxylamine groups is 1. The molecule has 2 heterocycles. The van der Waals surface area contributed by atoms with Gasteiger partial charge in [0.25, 0.3) is 5.91 Å². The Kier molecular flexibility index (Phi) is 6.87. The molecule has 3 aromatic carbocycles. The van der Waals surface area contributed by atoms with Crippen molar-refractivity contribution < 1.29 is 33.4 Å². The van der Waals surface area contributed by atoms with Crippen LogP contribution in [0.2, 0.25) is 0 Å². The summed E-state index contributed by atoms with van der Waals surface area (Å²) in [6, 6.07) is 13.1. The molecular weight excluding hydrogens is 514 g/mol. The molecule has 0 unspecified atom stereocenters. The van der Waals surface area contributed by atoms with Crippen LogP contribution >= 0.6 is 0 Å². The summed E-state index contributed by atoms with van der Waals surface area (Å²) in [5.74, 6) is 1.62. The first-order valence-corrected chi connectivity index (χ1v) is 12.9. The van der Waals surface area contributed by atoms with Crippen LogP contribution in [0.1, 0.15) is 49.7 Å². The first-order valence-electron chi connectivity index (χ1n) is 12.9. The van der Waals surface area contributed by atoms with Crippen LogP contribution in [0.3, 0.4) is 0 Å². The van der Waals surface area contributed by atoms with Crippen molar-refractivity contribution in [1.82, 2.24) is 10.5 Å². The van der Waals surface area contributed by atoms with E-state index in [1.165, 1.54) is 14.2 Å². The van der Waals surface area contributed by atoms with Gasteiger partial charge in [0, 0.05) is 29.3 Å². The summed E-state index contributed by atoms with van der Waals surface area (Å²) in [6.45, 7) is 7.87. The third-order valence-corrected chi connectivity index (χ3v) is 6.81. The van der Waals surface area contributed by atoms with Gasteiger partial charge in [0.2, 0.25) is 5.75 Å². The highest BCUT2D eigenvalue weighted by Crippen LogP contribution is 2.46. The monoisotopic (exact) mass is 547 g/mol. The number of rotatable bonds is 6. The maximum Gasteiger partial charge on any atom is 0.441 e. The predicted molar refractivity (Wildman–Crippen MR) is 152 cm³/mol. The maximum absolute atomic E-state index is 14.0. The SMILES string of the molecule is COc1cc2cc(C(=O)N3C[C@@H](C)c4c3cc(ONC(=O)OC(C)(C)C)c3ccccc43)[nH]c2c(OC)c1OC. The van der Waals surface area contributed by atoms with Crippen molar-refractivity contribution in [1.29, 1.82) is 0 Å². The van der Waals surface area contributed by atoms with Crippen molar-refractivity contribution in [2.45, 2.75) is 39.2 Å². The van der Waals surface area contributed by atoms with Crippen molar-refractivity contribution in [2.24, 2.45) is 0 Å².